The third-order valence-corrected chi connectivity index (χ3v) is 4.35. The molecule has 0 aromatic heterocycles. The fraction of sp³-hybridized carbons (Fsp3) is 0.923. The molecule has 4 heteroatoms. The van der Waals surface area contributed by atoms with Crippen LogP contribution in [0.1, 0.15) is 32.6 Å². The Balaban J connectivity index is 1.85. The molecule has 0 aromatic rings. The number of rotatable bonds is 2. The molecule has 2 aliphatic heterocycles. The van der Waals surface area contributed by atoms with Gasteiger partial charge in [-0.3, -0.25) is 4.79 Å². The number of nitrogens with one attached hydrogen (secondary N) is 1. The molecule has 2 heterocycles. The first-order chi connectivity index (χ1) is 8.14. The van der Waals surface area contributed by atoms with E-state index >= 15 is 0 Å². The van der Waals surface area contributed by atoms with Crippen LogP contribution in [0.25, 0.3) is 0 Å². The molecular weight excluding hydrogens is 216 g/mol. The third-order valence-electron chi connectivity index (χ3n) is 4.35. The summed E-state index contributed by atoms with van der Waals surface area (Å²) >= 11 is 0. The summed E-state index contributed by atoms with van der Waals surface area (Å²) in [5.41, 5.74) is 0.215. The molecule has 0 aromatic carbocycles. The molecule has 0 unspecified atom stereocenters. The van der Waals surface area contributed by atoms with Crippen molar-refractivity contribution in [2.24, 2.45) is 5.92 Å². The Kier molecular flexibility index (Phi) is 4.05. The second-order valence-electron chi connectivity index (χ2n) is 5.52. The molecule has 98 valence electrons. The van der Waals surface area contributed by atoms with Crippen LogP contribution in [0.5, 0.6) is 0 Å². The minimum absolute atomic E-state index is 0.211. The lowest BCUT2D eigenvalue weighted by atomic mass is 9.88. The van der Waals surface area contributed by atoms with Gasteiger partial charge in [-0.15, -0.1) is 0 Å². The number of amides is 1. The predicted octanol–water partition coefficient (Wildman–Crippen LogP) is 1.01. The summed E-state index contributed by atoms with van der Waals surface area (Å²) in [6, 6.07) is 0. The zero-order valence-corrected chi connectivity index (χ0v) is 11.0. The van der Waals surface area contributed by atoms with Crippen molar-refractivity contribution in [1.29, 1.82) is 0 Å². The Morgan fingerprint density at radius 1 is 1.29 bits per heavy atom. The first-order valence-corrected chi connectivity index (χ1v) is 6.70. The van der Waals surface area contributed by atoms with Crippen molar-refractivity contribution < 1.29 is 9.53 Å². The van der Waals surface area contributed by atoms with Crippen molar-refractivity contribution in [2.75, 3.05) is 33.4 Å². The fourth-order valence-corrected chi connectivity index (χ4v) is 2.67. The molecule has 1 N–H and O–H groups in total. The van der Waals surface area contributed by atoms with Crippen LogP contribution < -0.4 is 5.32 Å². The second kappa shape index (κ2) is 5.36. The highest BCUT2D eigenvalue weighted by molar-refractivity contribution is 5.79. The Morgan fingerprint density at radius 2 is 1.88 bits per heavy atom. The third kappa shape index (κ3) is 2.99. The molecule has 0 aliphatic carbocycles. The Morgan fingerprint density at radius 3 is 2.41 bits per heavy atom. The highest BCUT2D eigenvalue weighted by Gasteiger charge is 2.33. The molecule has 1 amide bonds. The smallest absolute Gasteiger partial charge is 0.225 e. The summed E-state index contributed by atoms with van der Waals surface area (Å²) in [7, 11) is 2.01. The van der Waals surface area contributed by atoms with Gasteiger partial charge in [-0.05, 0) is 39.7 Å². The minimum atomic E-state index is 0.211. The van der Waals surface area contributed by atoms with E-state index in [1.165, 1.54) is 0 Å². The van der Waals surface area contributed by atoms with Crippen LogP contribution >= 0.6 is 0 Å². The maximum atomic E-state index is 12.3. The van der Waals surface area contributed by atoms with Crippen LogP contribution in [0.15, 0.2) is 0 Å². The first-order valence-electron chi connectivity index (χ1n) is 6.70. The van der Waals surface area contributed by atoms with Gasteiger partial charge in [0.2, 0.25) is 5.91 Å². The van der Waals surface area contributed by atoms with Crippen LogP contribution in [-0.4, -0.2) is 49.7 Å². The largest absolute Gasteiger partial charge is 0.381 e. The number of likely N-dealkylation sites (tertiary alicyclic amines) is 1. The van der Waals surface area contributed by atoms with Gasteiger partial charge >= 0.3 is 0 Å². The van der Waals surface area contributed by atoms with Gasteiger partial charge in [0.05, 0.1) is 0 Å². The lowest BCUT2D eigenvalue weighted by Crippen LogP contribution is -2.52. The van der Waals surface area contributed by atoms with E-state index in [-0.39, 0.29) is 11.5 Å². The quantitative estimate of drug-likeness (QED) is 0.783. The van der Waals surface area contributed by atoms with E-state index in [0.717, 1.165) is 52.0 Å². The zero-order chi connectivity index (χ0) is 12.3. The van der Waals surface area contributed by atoms with Gasteiger partial charge in [-0.1, -0.05) is 0 Å². The van der Waals surface area contributed by atoms with Gasteiger partial charge in [0, 0.05) is 37.8 Å². The number of carbonyl (C=O) groups excluding carboxylic acids is 1. The number of hydrogen-bond acceptors (Lipinski definition) is 3. The van der Waals surface area contributed by atoms with Gasteiger partial charge < -0.3 is 15.0 Å². The molecule has 2 saturated heterocycles. The molecule has 0 saturated carbocycles. The molecule has 0 spiro atoms. The molecule has 2 rings (SSSR count). The Labute approximate surface area is 104 Å². The summed E-state index contributed by atoms with van der Waals surface area (Å²) in [5.74, 6) is 0.564. The molecule has 2 aliphatic rings. The monoisotopic (exact) mass is 240 g/mol. The van der Waals surface area contributed by atoms with Gasteiger partial charge in [0.1, 0.15) is 0 Å². The molecule has 0 bridgehead atoms. The van der Waals surface area contributed by atoms with Crippen molar-refractivity contribution in [3.8, 4) is 0 Å². The van der Waals surface area contributed by atoms with Crippen molar-refractivity contribution >= 4 is 5.91 Å². The first kappa shape index (κ1) is 12.8. The number of nitrogens with zero attached hydrogens (tertiary/aromatic N) is 1. The van der Waals surface area contributed by atoms with Crippen molar-refractivity contribution in [2.45, 2.75) is 38.1 Å². The summed E-state index contributed by atoms with van der Waals surface area (Å²) < 4.78 is 5.31. The Hall–Kier alpha value is -0.610. The SMILES string of the molecule is CNC1(C)CCN(C(=O)C2CCOCC2)CC1. The van der Waals surface area contributed by atoms with Gasteiger partial charge in [0.15, 0.2) is 0 Å². The zero-order valence-electron chi connectivity index (χ0n) is 11.0. The summed E-state index contributed by atoms with van der Waals surface area (Å²) in [6.45, 7) is 5.53. The van der Waals surface area contributed by atoms with E-state index in [4.69, 9.17) is 4.74 Å². The molecule has 17 heavy (non-hydrogen) atoms. The van der Waals surface area contributed by atoms with Crippen LogP contribution in [0, 0.1) is 5.92 Å². The predicted molar refractivity (Wildman–Crippen MR) is 66.8 cm³/mol. The minimum Gasteiger partial charge on any atom is -0.381 e. The molecule has 0 radical (unpaired) electrons. The van der Waals surface area contributed by atoms with Crippen LogP contribution in [0.2, 0.25) is 0 Å². The summed E-state index contributed by atoms with van der Waals surface area (Å²) in [6.07, 6.45) is 3.91. The number of carbonyl (C=O) groups is 1. The molecule has 4 nitrogen and oxygen atoms in total. The topological polar surface area (TPSA) is 41.6 Å². The van der Waals surface area contributed by atoms with Gasteiger partial charge in [-0.2, -0.15) is 0 Å². The highest BCUT2D eigenvalue weighted by Crippen LogP contribution is 2.24. The standard InChI is InChI=1S/C13H24N2O2/c1-13(14-2)5-7-15(8-6-13)12(16)11-3-9-17-10-4-11/h11,14H,3-10H2,1-2H3. The summed E-state index contributed by atoms with van der Waals surface area (Å²) in [5, 5.41) is 3.36. The van der Waals surface area contributed by atoms with Gasteiger partial charge in [0.25, 0.3) is 0 Å². The molecule has 0 atom stereocenters. The number of ether oxygens (including phenoxy) is 1. The second-order valence-corrected chi connectivity index (χ2v) is 5.52. The normalized spacial score (nSPS) is 25.9. The van der Waals surface area contributed by atoms with Crippen LogP contribution in [-0.2, 0) is 9.53 Å². The van der Waals surface area contributed by atoms with E-state index < -0.39 is 0 Å². The van der Waals surface area contributed by atoms with E-state index in [9.17, 15) is 4.79 Å². The fourth-order valence-electron chi connectivity index (χ4n) is 2.67. The highest BCUT2D eigenvalue weighted by atomic mass is 16.5. The molecule has 2 fully saturated rings. The maximum Gasteiger partial charge on any atom is 0.225 e. The van der Waals surface area contributed by atoms with Crippen molar-refractivity contribution in [1.82, 2.24) is 10.2 Å². The van der Waals surface area contributed by atoms with E-state index in [2.05, 4.69) is 17.1 Å². The lowest BCUT2D eigenvalue weighted by Gasteiger charge is -2.40. The summed E-state index contributed by atoms with van der Waals surface area (Å²) in [4.78, 5) is 14.4. The molecular formula is C13H24N2O2. The number of hydrogen-bond donors (Lipinski definition) is 1. The number of piperidine rings is 1. The van der Waals surface area contributed by atoms with E-state index in [0.29, 0.717) is 5.91 Å². The average Bonchev–Trinajstić information content (AvgIpc) is 2.40. The maximum absolute atomic E-state index is 12.3. The van der Waals surface area contributed by atoms with E-state index in [1.807, 2.05) is 7.05 Å². The Bertz CT molecular complexity index is 267. The average molecular weight is 240 g/mol. The van der Waals surface area contributed by atoms with Crippen LogP contribution in [0.3, 0.4) is 0 Å². The van der Waals surface area contributed by atoms with Crippen LogP contribution in [0.4, 0.5) is 0 Å². The lowest BCUT2D eigenvalue weighted by molar-refractivity contribution is -0.140. The van der Waals surface area contributed by atoms with Gasteiger partial charge in [-0.25, -0.2) is 0 Å². The van der Waals surface area contributed by atoms with E-state index in [1.54, 1.807) is 0 Å². The van der Waals surface area contributed by atoms with Crippen molar-refractivity contribution in [3.63, 3.8) is 0 Å². The van der Waals surface area contributed by atoms with Crippen molar-refractivity contribution in [3.05, 3.63) is 0 Å².